The topological polar surface area (TPSA) is 9.23 Å². The first kappa shape index (κ1) is 10.0. The van der Waals surface area contributed by atoms with Gasteiger partial charge in [0, 0.05) is 0 Å². The Morgan fingerprint density at radius 1 is 1.42 bits per heavy atom. The van der Waals surface area contributed by atoms with Crippen molar-refractivity contribution in [3.05, 3.63) is 0 Å². The van der Waals surface area contributed by atoms with E-state index in [0.717, 1.165) is 5.92 Å². The van der Waals surface area contributed by atoms with Crippen LogP contribution in [0.4, 0.5) is 0 Å². The van der Waals surface area contributed by atoms with E-state index in [9.17, 15) is 0 Å². The van der Waals surface area contributed by atoms with Gasteiger partial charge in [-0.3, -0.25) is 0 Å². The Labute approximate surface area is 76.5 Å². The lowest BCUT2D eigenvalue weighted by molar-refractivity contribution is -0.0768. The van der Waals surface area contributed by atoms with Gasteiger partial charge in [0.1, 0.15) is 0 Å². The first-order chi connectivity index (χ1) is 5.55. The average Bonchev–Trinajstić information content (AvgIpc) is 2.65. The second kappa shape index (κ2) is 3.78. The van der Waals surface area contributed by atoms with E-state index in [-0.39, 0.29) is 5.60 Å². The van der Waals surface area contributed by atoms with Gasteiger partial charge in [0.05, 0.1) is 11.7 Å². The van der Waals surface area contributed by atoms with Gasteiger partial charge in [-0.05, 0) is 46.0 Å². The molecule has 0 spiro atoms. The van der Waals surface area contributed by atoms with Crippen LogP contribution in [0.25, 0.3) is 0 Å². The van der Waals surface area contributed by atoms with E-state index in [1.54, 1.807) is 0 Å². The van der Waals surface area contributed by atoms with Crippen LogP contribution in [0.15, 0.2) is 0 Å². The summed E-state index contributed by atoms with van der Waals surface area (Å²) < 4.78 is 6.00. The fourth-order valence-electron chi connectivity index (χ4n) is 1.83. The number of ether oxygens (including phenoxy) is 1. The maximum absolute atomic E-state index is 6.00. The molecule has 1 fully saturated rings. The molecule has 1 heteroatoms. The molecule has 0 aromatic rings. The van der Waals surface area contributed by atoms with Crippen molar-refractivity contribution >= 4 is 0 Å². The van der Waals surface area contributed by atoms with Crippen LogP contribution in [-0.4, -0.2) is 11.7 Å². The zero-order valence-electron chi connectivity index (χ0n) is 8.89. The second-order valence-corrected chi connectivity index (χ2v) is 4.67. The smallest absolute Gasteiger partial charge is 0.0630 e. The Bertz CT molecular complexity index is 136. The summed E-state index contributed by atoms with van der Waals surface area (Å²) in [6.07, 6.45) is 5.62. The third kappa shape index (κ3) is 3.14. The van der Waals surface area contributed by atoms with Crippen LogP contribution in [0.5, 0.6) is 0 Å². The predicted molar refractivity (Wildman–Crippen MR) is 52.3 cm³/mol. The van der Waals surface area contributed by atoms with Gasteiger partial charge in [-0.15, -0.1) is 0 Å². The molecule has 0 bridgehead atoms. The molecule has 1 atom stereocenters. The summed E-state index contributed by atoms with van der Waals surface area (Å²) in [5.74, 6) is 0.862. The van der Waals surface area contributed by atoms with Crippen LogP contribution in [0, 0.1) is 5.92 Å². The van der Waals surface area contributed by atoms with Crippen molar-refractivity contribution < 1.29 is 4.74 Å². The minimum Gasteiger partial charge on any atom is -0.372 e. The molecule has 0 aromatic heterocycles. The van der Waals surface area contributed by atoms with Gasteiger partial charge in [0.2, 0.25) is 0 Å². The van der Waals surface area contributed by atoms with Gasteiger partial charge in [-0.25, -0.2) is 0 Å². The van der Waals surface area contributed by atoms with Crippen LogP contribution in [-0.2, 0) is 4.74 Å². The molecule has 1 aliphatic rings. The first-order valence-electron chi connectivity index (χ1n) is 5.23. The molecule has 0 aromatic carbocycles. The SMILES string of the molecule is CCCC(C)(C)OC(C)C1CC1. The van der Waals surface area contributed by atoms with E-state index >= 15 is 0 Å². The Balaban J connectivity index is 2.26. The molecular weight excluding hydrogens is 148 g/mol. The molecule has 0 heterocycles. The van der Waals surface area contributed by atoms with Crippen LogP contribution < -0.4 is 0 Å². The Morgan fingerprint density at radius 2 is 2.00 bits per heavy atom. The molecule has 1 aliphatic carbocycles. The third-order valence-electron chi connectivity index (χ3n) is 2.64. The van der Waals surface area contributed by atoms with E-state index in [2.05, 4.69) is 27.7 Å². The summed E-state index contributed by atoms with van der Waals surface area (Å²) in [6, 6.07) is 0. The molecule has 0 N–H and O–H groups in total. The van der Waals surface area contributed by atoms with Crippen molar-refractivity contribution in [2.24, 2.45) is 5.92 Å². The summed E-state index contributed by atoms with van der Waals surface area (Å²) in [7, 11) is 0. The van der Waals surface area contributed by atoms with Gasteiger partial charge in [-0.2, -0.15) is 0 Å². The zero-order chi connectivity index (χ0) is 9.19. The minimum atomic E-state index is 0.0940. The van der Waals surface area contributed by atoms with Gasteiger partial charge in [-0.1, -0.05) is 13.3 Å². The molecule has 12 heavy (non-hydrogen) atoms. The van der Waals surface area contributed by atoms with E-state index < -0.39 is 0 Å². The summed E-state index contributed by atoms with van der Waals surface area (Å²) in [6.45, 7) is 8.84. The van der Waals surface area contributed by atoms with Gasteiger partial charge in [0.25, 0.3) is 0 Å². The molecule has 1 nitrogen and oxygen atoms in total. The van der Waals surface area contributed by atoms with E-state index in [1.165, 1.54) is 25.7 Å². The highest BCUT2D eigenvalue weighted by Gasteiger charge is 2.32. The van der Waals surface area contributed by atoms with Crippen LogP contribution in [0.3, 0.4) is 0 Å². The summed E-state index contributed by atoms with van der Waals surface area (Å²) in [5, 5.41) is 0. The molecule has 1 saturated carbocycles. The second-order valence-electron chi connectivity index (χ2n) is 4.67. The number of hydrogen-bond donors (Lipinski definition) is 0. The van der Waals surface area contributed by atoms with E-state index in [0.29, 0.717) is 6.10 Å². The normalized spacial score (nSPS) is 21.0. The van der Waals surface area contributed by atoms with Crippen LogP contribution in [0.2, 0.25) is 0 Å². The van der Waals surface area contributed by atoms with Crippen molar-refractivity contribution in [3.63, 3.8) is 0 Å². The molecule has 0 amide bonds. The lowest BCUT2D eigenvalue weighted by Crippen LogP contribution is -2.30. The fraction of sp³-hybridized carbons (Fsp3) is 1.00. The third-order valence-corrected chi connectivity index (χ3v) is 2.64. The molecule has 0 radical (unpaired) electrons. The first-order valence-corrected chi connectivity index (χ1v) is 5.23. The lowest BCUT2D eigenvalue weighted by atomic mass is 10.0. The maximum Gasteiger partial charge on any atom is 0.0630 e. The van der Waals surface area contributed by atoms with Gasteiger partial charge < -0.3 is 4.74 Å². The number of hydrogen-bond acceptors (Lipinski definition) is 1. The monoisotopic (exact) mass is 170 g/mol. The quantitative estimate of drug-likeness (QED) is 0.614. The van der Waals surface area contributed by atoms with Crippen molar-refractivity contribution in [1.82, 2.24) is 0 Å². The molecular formula is C11H22O. The molecule has 0 aliphatic heterocycles. The Morgan fingerprint density at radius 3 is 2.42 bits per heavy atom. The highest BCUT2D eigenvalue weighted by Crippen LogP contribution is 2.36. The summed E-state index contributed by atoms with van der Waals surface area (Å²) in [4.78, 5) is 0. The molecule has 72 valence electrons. The van der Waals surface area contributed by atoms with Gasteiger partial charge >= 0.3 is 0 Å². The highest BCUT2D eigenvalue weighted by atomic mass is 16.5. The van der Waals surface area contributed by atoms with Gasteiger partial charge in [0.15, 0.2) is 0 Å². The lowest BCUT2D eigenvalue weighted by Gasteiger charge is -2.29. The average molecular weight is 170 g/mol. The van der Waals surface area contributed by atoms with Crippen molar-refractivity contribution in [1.29, 1.82) is 0 Å². The summed E-state index contributed by atoms with van der Waals surface area (Å²) >= 11 is 0. The predicted octanol–water partition coefficient (Wildman–Crippen LogP) is 3.38. The van der Waals surface area contributed by atoms with Crippen LogP contribution in [0.1, 0.15) is 53.4 Å². The fourth-order valence-corrected chi connectivity index (χ4v) is 1.83. The highest BCUT2D eigenvalue weighted by molar-refractivity contribution is 4.81. The van der Waals surface area contributed by atoms with Crippen LogP contribution >= 0.6 is 0 Å². The van der Waals surface area contributed by atoms with E-state index in [4.69, 9.17) is 4.74 Å². The largest absolute Gasteiger partial charge is 0.372 e. The van der Waals surface area contributed by atoms with E-state index in [1.807, 2.05) is 0 Å². The van der Waals surface area contributed by atoms with Crippen molar-refractivity contribution in [2.75, 3.05) is 0 Å². The zero-order valence-corrected chi connectivity index (χ0v) is 8.89. The van der Waals surface area contributed by atoms with Crippen molar-refractivity contribution in [2.45, 2.75) is 65.1 Å². The summed E-state index contributed by atoms with van der Waals surface area (Å²) in [5.41, 5.74) is 0.0940. The van der Waals surface area contributed by atoms with Crippen molar-refractivity contribution in [3.8, 4) is 0 Å². The molecule has 1 unspecified atom stereocenters. The standard InChI is InChI=1S/C11H22O/c1-5-8-11(3,4)12-9(2)10-6-7-10/h9-10H,5-8H2,1-4H3. The number of rotatable bonds is 5. The molecule has 1 rings (SSSR count). The maximum atomic E-state index is 6.00. The Hall–Kier alpha value is -0.0400. The molecule has 0 saturated heterocycles. The minimum absolute atomic E-state index is 0.0940. The Kier molecular flexibility index (Phi) is 3.16.